The summed E-state index contributed by atoms with van der Waals surface area (Å²) in [5.74, 6) is -0.561. The van der Waals surface area contributed by atoms with Crippen LogP contribution in [0.3, 0.4) is 0 Å². The molecule has 6 heteroatoms. The SMILES string of the molecule is O=C(CN1C(=O)[C@@H]2CCCN2C1=O)NCc1ccccc1. The van der Waals surface area contributed by atoms with Gasteiger partial charge in [0.2, 0.25) is 5.91 Å². The van der Waals surface area contributed by atoms with Crippen LogP contribution in [0.1, 0.15) is 18.4 Å². The van der Waals surface area contributed by atoms with Crippen LogP contribution in [-0.2, 0) is 16.1 Å². The number of carbonyl (C=O) groups excluding carboxylic acids is 3. The number of nitrogens with zero attached hydrogens (tertiary/aromatic N) is 2. The van der Waals surface area contributed by atoms with E-state index in [9.17, 15) is 14.4 Å². The van der Waals surface area contributed by atoms with Gasteiger partial charge in [0.15, 0.2) is 0 Å². The van der Waals surface area contributed by atoms with E-state index >= 15 is 0 Å². The molecule has 0 aliphatic carbocycles. The van der Waals surface area contributed by atoms with Gasteiger partial charge in [-0.3, -0.25) is 14.5 Å². The summed E-state index contributed by atoms with van der Waals surface area (Å²) in [7, 11) is 0. The predicted molar refractivity (Wildman–Crippen MR) is 75.1 cm³/mol. The van der Waals surface area contributed by atoms with Gasteiger partial charge in [-0.1, -0.05) is 30.3 Å². The quantitative estimate of drug-likeness (QED) is 0.830. The molecule has 2 aliphatic rings. The first kappa shape index (κ1) is 13.6. The van der Waals surface area contributed by atoms with Gasteiger partial charge in [0.05, 0.1) is 0 Å². The van der Waals surface area contributed by atoms with E-state index in [0.717, 1.165) is 16.9 Å². The summed E-state index contributed by atoms with van der Waals surface area (Å²) < 4.78 is 0. The molecule has 2 heterocycles. The summed E-state index contributed by atoms with van der Waals surface area (Å²) in [5.41, 5.74) is 0.977. The van der Waals surface area contributed by atoms with Crippen LogP contribution in [0.2, 0.25) is 0 Å². The third-order valence-corrected chi connectivity index (χ3v) is 3.91. The molecule has 110 valence electrons. The van der Waals surface area contributed by atoms with Gasteiger partial charge in [-0.25, -0.2) is 4.79 Å². The molecule has 0 spiro atoms. The first-order chi connectivity index (χ1) is 10.2. The molecule has 1 atom stereocenters. The van der Waals surface area contributed by atoms with Gasteiger partial charge in [-0.15, -0.1) is 0 Å². The fourth-order valence-electron chi connectivity index (χ4n) is 2.82. The molecule has 0 aromatic heterocycles. The van der Waals surface area contributed by atoms with Crippen molar-refractivity contribution in [3.63, 3.8) is 0 Å². The Morgan fingerprint density at radius 3 is 2.71 bits per heavy atom. The van der Waals surface area contributed by atoms with Crippen LogP contribution >= 0.6 is 0 Å². The number of fused-ring (bicyclic) bond motifs is 1. The fourth-order valence-corrected chi connectivity index (χ4v) is 2.82. The maximum absolute atomic E-state index is 12.1. The smallest absolute Gasteiger partial charge is 0.327 e. The first-order valence-electron chi connectivity index (χ1n) is 7.09. The predicted octanol–water partition coefficient (Wildman–Crippen LogP) is 0.729. The van der Waals surface area contributed by atoms with Crippen LogP contribution in [-0.4, -0.2) is 46.8 Å². The highest BCUT2D eigenvalue weighted by Crippen LogP contribution is 2.26. The lowest BCUT2D eigenvalue weighted by Crippen LogP contribution is -2.41. The van der Waals surface area contributed by atoms with Crippen molar-refractivity contribution >= 4 is 17.8 Å². The van der Waals surface area contributed by atoms with E-state index in [-0.39, 0.29) is 30.4 Å². The Morgan fingerprint density at radius 2 is 2.00 bits per heavy atom. The first-order valence-corrected chi connectivity index (χ1v) is 7.09. The van der Waals surface area contributed by atoms with Crippen LogP contribution in [0, 0.1) is 0 Å². The summed E-state index contributed by atoms with van der Waals surface area (Å²) in [6.07, 6.45) is 1.56. The average molecular weight is 287 g/mol. The number of rotatable bonds is 4. The van der Waals surface area contributed by atoms with Crippen LogP contribution in [0.15, 0.2) is 30.3 Å². The topological polar surface area (TPSA) is 69.7 Å². The molecular formula is C15H17N3O3. The van der Waals surface area contributed by atoms with Crippen molar-refractivity contribution < 1.29 is 14.4 Å². The second-order valence-corrected chi connectivity index (χ2v) is 5.32. The number of hydrogen-bond acceptors (Lipinski definition) is 3. The molecule has 2 saturated heterocycles. The van der Waals surface area contributed by atoms with Gasteiger partial charge in [0.1, 0.15) is 12.6 Å². The third-order valence-electron chi connectivity index (χ3n) is 3.91. The average Bonchev–Trinajstić information content (AvgIpc) is 3.06. The van der Waals surface area contributed by atoms with Gasteiger partial charge < -0.3 is 10.2 Å². The Bertz CT molecular complexity index is 551. The van der Waals surface area contributed by atoms with Gasteiger partial charge in [-0.2, -0.15) is 0 Å². The highest BCUT2D eigenvalue weighted by molar-refractivity contribution is 6.06. The highest BCUT2D eigenvalue weighted by Gasteiger charge is 2.47. The van der Waals surface area contributed by atoms with Crippen molar-refractivity contribution in [2.75, 3.05) is 13.1 Å². The minimum absolute atomic E-state index is 0.197. The van der Waals surface area contributed by atoms with E-state index in [0.29, 0.717) is 19.5 Å². The molecule has 21 heavy (non-hydrogen) atoms. The Hall–Kier alpha value is -2.37. The summed E-state index contributed by atoms with van der Waals surface area (Å²) in [4.78, 5) is 38.7. The molecule has 1 N–H and O–H groups in total. The standard InChI is InChI=1S/C15H17N3O3/c19-13(16-9-11-5-2-1-3-6-11)10-18-14(20)12-7-4-8-17(12)15(18)21/h1-3,5-6,12H,4,7-10H2,(H,16,19)/t12-/m0/s1. The summed E-state index contributed by atoms with van der Waals surface area (Å²) in [6, 6.07) is 8.81. The van der Waals surface area contributed by atoms with E-state index in [1.54, 1.807) is 4.90 Å². The van der Waals surface area contributed by atoms with Gasteiger partial charge in [0.25, 0.3) is 5.91 Å². The Kier molecular flexibility index (Phi) is 3.60. The molecular weight excluding hydrogens is 270 g/mol. The minimum Gasteiger partial charge on any atom is -0.350 e. The normalized spacial score (nSPS) is 20.9. The maximum atomic E-state index is 12.1. The van der Waals surface area contributed by atoms with Crippen molar-refractivity contribution in [3.8, 4) is 0 Å². The Morgan fingerprint density at radius 1 is 1.24 bits per heavy atom. The van der Waals surface area contributed by atoms with Crippen LogP contribution in [0.5, 0.6) is 0 Å². The Balaban J connectivity index is 1.55. The van der Waals surface area contributed by atoms with Crippen molar-refractivity contribution in [2.45, 2.75) is 25.4 Å². The zero-order chi connectivity index (χ0) is 14.8. The molecule has 6 nitrogen and oxygen atoms in total. The molecule has 0 radical (unpaired) electrons. The van der Waals surface area contributed by atoms with Crippen molar-refractivity contribution in [3.05, 3.63) is 35.9 Å². The number of amides is 4. The fraction of sp³-hybridized carbons (Fsp3) is 0.400. The zero-order valence-electron chi connectivity index (χ0n) is 11.6. The number of imide groups is 1. The molecule has 0 saturated carbocycles. The largest absolute Gasteiger partial charge is 0.350 e. The van der Waals surface area contributed by atoms with E-state index in [2.05, 4.69) is 5.32 Å². The lowest BCUT2D eigenvalue weighted by atomic mass is 10.2. The molecule has 2 aliphatic heterocycles. The highest BCUT2D eigenvalue weighted by atomic mass is 16.2. The Labute approximate surface area is 122 Å². The number of urea groups is 1. The maximum Gasteiger partial charge on any atom is 0.327 e. The molecule has 1 aromatic carbocycles. The zero-order valence-corrected chi connectivity index (χ0v) is 11.6. The van der Waals surface area contributed by atoms with Crippen molar-refractivity contribution in [2.24, 2.45) is 0 Å². The number of nitrogens with one attached hydrogen (secondary N) is 1. The van der Waals surface area contributed by atoms with Crippen molar-refractivity contribution in [1.29, 1.82) is 0 Å². The van der Waals surface area contributed by atoms with Crippen LogP contribution in [0.25, 0.3) is 0 Å². The molecule has 3 rings (SSSR count). The van der Waals surface area contributed by atoms with Gasteiger partial charge >= 0.3 is 6.03 Å². The lowest BCUT2D eigenvalue weighted by molar-refractivity contribution is -0.132. The third kappa shape index (κ3) is 2.61. The second-order valence-electron chi connectivity index (χ2n) is 5.32. The second kappa shape index (κ2) is 5.55. The van der Waals surface area contributed by atoms with Crippen LogP contribution < -0.4 is 5.32 Å². The molecule has 1 aromatic rings. The molecule has 4 amide bonds. The summed E-state index contributed by atoms with van der Waals surface area (Å²) in [6.45, 7) is 0.803. The molecule has 0 unspecified atom stereocenters. The van der Waals surface area contributed by atoms with Gasteiger partial charge in [0, 0.05) is 13.1 Å². The lowest BCUT2D eigenvalue weighted by Gasteiger charge is -2.15. The number of carbonyl (C=O) groups is 3. The van der Waals surface area contributed by atoms with E-state index in [1.165, 1.54) is 0 Å². The molecule has 0 bridgehead atoms. The number of hydrogen-bond donors (Lipinski definition) is 1. The van der Waals surface area contributed by atoms with Crippen molar-refractivity contribution in [1.82, 2.24) is 15.1 Å². The summed E-state index contributed by atoms with van der Waals surface area (Å²) in [5, 5.41) is 2.73. The van der Waals surface area contributed by atoms with E-state index in [4.69, 9.17) is 0 Å². The molecule has 2 fully saturated rings. The monoisotopic (exact) mass is 287 g/mol. The summed E-state index contributed by atoms with van der Waals surface area (Å²) >= 11 is 0. The van der Waals surface area contributed by atoms with Crippen LogP contribution in [0.4, 0.5) is 4.79 Å². The van der Waals surface area contributed by atoms with Gasteiger partial charge in [-0.05, 0) is 18.4 Å². The minimum atomic E-state index is -0.348. The van der Waals surface area contributed by atoms with E-state index < -0.39 is 0 Å². The van der Waals surface area contributed by atoms with E-state index in [1.807, 2.05) is 30.3 Å². The number of benzene rings is 1.